The van der Waals surface area contributed by atoms with Crippen molar-refractivity contribution in [3.05, 3.63) is 40.5 Å². The molecule has 1 aromatic rings. The Morgan fingerprint density at radius 1 is 1.33 bits per heavy atom. The Bertz CT molecular complexity index is 404. The van der Waals surface area contributed by atoms with E-state index in [2.05, 4.69) is 17.2 Å². The highest BCUT2D eigenvalue weighted by Crippen LogP contribution is 2.24. The molecule has 3 nitrogen and oxygen atoms in total. The Morgan fingerprint density at radius 2 is 2.00 bits per heavy atom. The van der Waals surface area contributed by atoms with Crippen molar-refractivity contribution in [1.29, 1.82) is 0 Å². The molecule has 0 saturated heterocycles. The summed E-state index contributed by atoms with van der Waals surface area (Å²) in [6, 6.07) is 4.48. The summed E-state index contributed by atoms with van der Waals surface area (Å²) in [5, 5.41) is 5.93. The van der Waals surface area contributed by atoms with Gasteiger partial charge in [0.15, 0.2) is 0 Å². The van der Waals surface area contributed by atoms with E-state index in [1.807, 2.05) is 0 Å². The van der Waals surface area contributed by atoms with Gasteiger partial charge in [0.1, 0.15) is 0 Å². The van der Waals surface area contributed by atoms with Crippen LogP contribution in [-0.4, -0.2) is 6.03 Å². The van der Waals surface area contributed by atoms with Crippen LogP contribution in [0.1, 0.15) is 6.92 Å². The first-order chi connectivity index (χ1) is 6.99. The van der Waals surface area contributed by atoms with E-state index in [1.165, 1.54) is 0 Å². The number of hydrogen-bond acceptors (Lipinski definition) is 1. The molecule has 0 aliphatic rings. The average molecular weight is 245 g/mol. The standard InChI is InChI=1S/C10H10Cl2N2O/c1-6(2)13-10(15)14-7-3-4-8(11)9(12)5-7/h3-5H,1H2,2H3,(H2,13,14,15). The number of hydrogen-bond donors (Lipinski definition) is 2. The second-order valence-corrected chi connectivity index (χ2v) is 3.80. The van der Waals surface area contributed by atoms with Crippen LogP contribution in [0.2, 0.25) is 10.0 Å². The Kier molecular flexibility index (Phi) is 4.00. The van der Waals surface area contributed by atoms with Crippen molar-refractivity contribution >= 4 is 34.9 Å². The summed E-state index contributed by atoms with van der Waals surface area (Å²) in [6.07, 6.45) is 0. The molecule has 2 N–H and O–H groups in total. The molecule has 0 aliphatic heterocycles. The second kappa shape index (κ2) is 5.05. The number of amides is 2. The van der Waals surface area contributed by atoms with E-state index in [-0.39, 0.29) is 6.03 Å². The number of carbonyl (C=O) groups is 1. The number of rotatable bonds is 2. The molecule has 0 atom stereocenters. The van der Waals surface area contributed by atoms with Crippen molar-refractivity contribution < 1.29 is 4.79 Å². The molecule has 15 heavy (non-hydrogen) atoms. The largest absolute Gasteiger partial charge is 0.323 e. The summed E-state index contributed by atoms with van der Waals surface area (Å²) in [6.45, 7) is 5.24. The Hall–Kier alpha value is -1.19. The molecule has 2 amide bonds. The molecule has 0 bridgehead atoms. The van der Waals surface area contributed by atoms with Crippen LogP contribution in [0.15, 0.2) is 30.5 Å². The Labute approximate surface area is 98.1 Å². The van der Waals surface area contributed by atoms with Gasteiger partial charge in [-0.3, -0.25) is 0 Å². The van der Waals surface area contributed by atoms with Crippen LogP contribution >= 0.6 is 23.2 Å². The monoisotopic (exact) mass is 244 g/mol. The first kappa shape index (κ1) is 11.9. The third-order valence-corrected chi connectivity index (χ3v) is 2.24. The van der Waals surface area contributed by atoms with Crippen LogP contribution < -0.4 is 10.6 Å². The van der Waals surface area contributed by atoms with Gasteiger partial charge in [-0.1, -0.05) is 29.8 Å². The van der Waals surface area contributed by atoms with Crippen molar-refractivity contribution in [2.24, 2.45) is 0 Å². The van der Waals surface area contributed by atoms with Crippen molar-refractivity contribution in [2.45, 2.75) is 6.92 Å². The molecular formula is C10H10Cl2N2O. The summed E-state index contributed by atoms with van der Waals surface area (Å²) in [4.78, 5) is 11.3. The Morgan fingerprint density at radius 3 is 2.53 bits per heavy atom. The van der Waals surface area contributed by atoms with Crippen molar-refractivity contribution in [3.63, 3.8) is 0 Å². The Balaban J connectivity index is 2.69. The smallest absolute Gasteiger partial charge is 0.312 e. The first-order valence-electron chi connectivity index (χ1n) is 4.17. The van der Waals surface area contributed by atoms with Gasteiger partial charge in [-0.25, -0.2) is 4.79 Å². The molecule has 0 saturated carbocycles. The molecule has 80 valence electrons. The van der Waals surface area contributed by atoms with Crippen LogP contribution in [0.25, 0.3) is 0 Å². The number of carbonyl (C=O) groups excluding carboxylic acids is 1. The summed E-state index contributed by atoms with van der Waals surface area (Å²) < 4.78 is 0. The predicted octanol–water partition coefficient (Wildman–Crippen LogP) is 3.65. The van der Waals surface area contributed by atoms with E-state index in [9.17, 15) is 4.79 Å². The fourth-order valence-corrected chi connectivity index (χ4v) is 1.23. The maximum Gasteiger partial charge on any atom is 0.323 e. The van der Waals surface area contributed by atoms with Crippen molar-refractivity contribution in [2.75, 3.05) is 5.32 Å². The lowest BCUT2D eigenvalue weighted by molar-refractivity contribution is 0.254. The molecule has 1 aromatic carbocycles. The van der Waals surface area contributed by atoms with Crippen molar-refractivity contribution in [3.8, 4) is 0 Å². The third-order valence-electron chi connectivity index (χ3n) is 1.50. The zero-order valence-corrected chi connectivity index (χ0v) is 9.62. The summed E-state index contributed by atoms with van der Waals surface area (Å²) >= 11 is 11.5. The summed E-state index contributed by atoms with van der Waals surface area (Å²) in [5.74, 6) is 0. The molecule has 0 heterocycles. The van der Waals surface area contributed by atoms with Gasteiger partial charge in [-0.2, -0.15) is 0 Å². The van der Waals surface area contributed by atoms with Crippen LogP contribution in [0.5, 0.6) is 0 Å². The zero-order valence-electron chi connectivity index (χ0n) is 8.10. The van der Waals surface area contributed by atoms with Gasteiger partial charge in [0.2, 0.25) is 0 Å². The number of benzene rings is 1. The number of urea groups is 1. The molecule has 0 radical (unpaired) electrons. The highest BCUT2D eigenvalue weighted by molar-refractivity contribution is 6.42. The van der Waals surface area contributed by atoms with Crippen molar-refractivity contribution in [1.82, 2.24) is 5.32 Å². The van der Waals surface area contributed by atoms with Crippen LogP contribution in [0.3, 0.4) is 0 Å². The summed E-state index contributed by atoms with van der Waals surface area (Å²) in [5.41, 5.74) is 1.13. The number of nitrogens with one attached hydrogen (secondary N) is 2. The lowest BCUT2D eigenvalue weighted by Crippen LogP contribution is -2.26. The minimum Gasteiger partial charge on any atom is -0.312 e. The van der Waals surface area contributed by atoms with Gasteiger partial charge >= 0.3 is 6.03 Å². The molecule has 0 aromatic heterocycles. The highest BCUT2D eigenvalue weighted by atomic mass is 35.5. The predicted molar refractivity (Wildman–Crippen MR) is 63.4 cm³/mol. The van der Waals surface area contributed by atoms with Gasteiger partial charge in [-0.15, -0.1) is 0 Å². The van der Waals surface area contributed by atoms with E-state index in [1.54, 1.807) is 25.1 Å². The van der Waals surface area contributed by atoms with Gasteiger partial charge in [0.25, 0.3) is 0 Å². The SMILES string of the molecule is C=C(C)NC(=O)Nc1ccc(Cl)c(Cl)c1. The molecular weight excluding hydrogens is 235 g/mol. The lowest BCUT2D eigenvalue weighted by atomic mass is 10.3. The van der Waals surface area contributed by atoms with Gasteiger partial charge in [0.05, 0.1) is 10.0 Å². The van der Waals surface area contributed by atoms with E-state index in [0.717, 1.165) is 0 Å². The normalized spacial score (nSPS) is 9.53. The molecule has 5 heteroatoms. The van der Waals surface area contributed by atoms with Gasteiger partial charge in [0, 0.05) is 11.4 Å². The van der Waals surface area contributed by atoms with Gasteiger partial charge in [-0.05, 0) is 25.1 Å². The minimum atomic E-state index is -0.360. The minimum absolute atomic E-state index is 0.360. The van der Waals surface area contributed by atoms with Crippen LogP contribution in [0.4, 0.5) is 10.5 Å². The van der Waals surface area contributed by atoms with E-state index in [4.69, 9.17) is 23.2 Å². The molecule has 0 fully saturated rings. The fraction of sp³-hybridized carbons (Fsp3) is 0.100. The maximum absolute atomic E-state index is 11.3. The average Bonchev–Trinajstić information content (AvgIpc) is 2.10. The molecule has 0 aliphatic carbocycles. The first-order valence-corrected chi connectivity index (χ1v) is 4.93. The fourth-order valence-electron chi connectivity index (χ4n) is 0.930. The summed E-state index contributed by atoms with van der Waals surface area (Å²) in [7, 11) is 0. The van der Waals surface area contributed by atoms with Crippen LogP contribution in [0, 0.1) is 0 Å². The highest BCUT2D eigenvalue weighted by Gasteiger charge is 2.03. The molecule has 0 spiro atoms. The number of anilines is 1. The second-order valence-electron chi connectivity index (χ2n) is 2.99. The third kappa shape index (κ3) is 3.81. The lowest BCUT2D eigenvalue weighted by Gasteiger charge is -2.07. The van der Waals surface area contributed by atoms with Gasteiger partial charge < -0.3 is 10.6 Å². The maximum atomic E-state index is 11.3. The molecule has 0 unspecified atom stereocenters. The zero-order chi connectivity index (χ0) is 11.4. The van der Waals surface area contributed by atoms with E-state index in [0.29, 0.717) is 21.4 Å². The molecule has 1 rings (SSSR count). The van der Waals surface area contributed by atoms with E-state index < -0.39 is 0 Å². The number of allylic oxidation sites excluding steroid dienone is 1. The number of halogens is 2. The topological polar surface area (TPSA) is 41.1 Å². The van der Waals surface area contributed by atoms with Crippen LogP contribution in [-0.2, 0) is 0 Å². The van der Waals surface area contributed by atoms with E-state index >= 15 is 0 Å². The quantitative estimate of drug-likeness (QED) is 0.820.